The summed E-state index contributed by atoms with van der Waals surface area (Å²) < 4.78 is 5.11. The Morgan fingerprint density at radius 3 is 2.83 bits per heavy atom. The van der Waals surface area contributed by atoms with Gasteiger partial charge in [-0.3, -0.25) is 10.1 Å². The normalized spacial score (nSPS) is 11.9. The van der Waals surface area contributed by atoms with Gasteiger partial charge in [-0.25, -0.2) is 9.78 Å². The Kier molecular flexibility index (Phi) is 4.95. The summed E-state index contributed by atoms with van der Waals surface area (Å²) in [5, 5.41) is 23.8. The SMILES string of the molecule is CCCC(Nc1c([N+](=O)[O-])cnc2cc(OC)ccc12)C(=O)O. The first-order valence-corrected chi connectivity index (χ1v) is 7.08. The van der Waals surface area contributed by atoms with Gasteiger partial charge < -0.3 is 15.2 Å². The van der Waals surface area contributed by atoms with Gasteiger partial charge in [-0.1, -0.05) is 13.3 Å². The van der Waals surface area contributed by atoms with Crippen LogP contribution in [0.4, 0.5) is 11.4 Å². The predicted octanol–water partition coefficient (Wildman–Crippen LogP) is 2.82. The molecule has 0 saturated carbocycles. The number of ether oxygens (including phenoxy) is 1. The number of aliphatic carboxylic acids is 1. The van der Waals surface area contributed by atoms with Crippen molar-refractivity contribution in [3.63, 3.8) is 0 Å². The number of nitrogens with zero attached hydrogens (tertiary/aromatic N) is 2. The number of carboxylic acids is 1. The van der Waals surface area contributed by atoms with Gasteiger partial charge in [0, 0.05) is 11.5 Å². The first-order valence-electron chi connectivity index (χ1n) is 7.08. The predicted molar refractivity (Wildman–Crippen MR) is 84.9 cm³/mol. The quantitative estimate of drug-likeness (QED) is 0.595. The Morgan fingerprint density at radius 1 is 1.52 bits per heavy atom. The van der Waals surface area contributed by atoms with E-state index < -0.39 is 16.9 Å². The number of hydrogen-bond acceptors (Lipinski definition) is 6. The van der Waals surface area contributed by atoms with Gasteiger partial charge in [-0.05, 0) is 18.6 Å². The van der Waals surface area contributed by atoms with E-state index in [0.29, 0.717) is 29.5 Å². The maximum Gasteiger partial charge on any atom is 0.326 e. The lowest BCUT2D eigenvalue weighted by atomic mass is 10.1. The second-order valence-corrected chi connectivity index (χ2v) is 4.98. The molecule has 1 aromatic heterocycles. The summed E-state index contributed by atoms with van der Waals surface area (Å²) in [7, 11) is 1.51. The summed E-state index contributed by atoms with van der Waals surface area (Å²) >= 11 is 0. The molecular formula is C15H17N3O5. The molecule has 0 fully saturated rings. The Balaban J connectivity index is 2.59. The van der Waals surface area contributed by atoms with E-state index in [1.54, 1.807) is 18.2 Å². The molecule has 23 heavy (non-hydrogen) atoms. The zero-order valence-electron chi connectivity index (χ0n) is 12.8. The number of methoxy groups -OCH3 is 1. The fraction of sp³-hybridized carbons (Fsp3) is 0.333. The van der Waals surface area contributed by atoms with Crippen LogP contribution in [0.5, 0.6) is 5.75 Å². The van der Waals surface area contributed by atoms with E-state index in [0.717, 1.165) is 6.20 Å². The van der Waals surface area contributed by atoms with Crippen molar-refractivity contribution in [3.05, 3.63) is 34.5 Å². The number of carboxylic acid groups (broad SMARTS) is 1. The molecule has 2 aromatic rings. The lowest BCUT2D eigenvalue weighted by Crippen LogP contribution is -2.29. The van der Waals surface area contributed by atoms with Gasteiger partial charge in [0.05, 0.1) is 17.5 Å². The van der Waals surface area contributed by atoms with Crippen molar-refractivity contribution in [2.24, 2.45) is 0 Å². The van der Waals surface area contributed by atoms with Gasteiger partial charge in [0.15, 0.2) is 0 Å². The molecule has 0 spiro atoms. The zero-order valence-corrected chi connectivity index (χ0v) is 12.8. The van der Waals surface area contributed by atoms with E-state index in [2.05, 4.69) is 10.3 Å². The minimum atomic E-state index is -1.06. The van der Waals surface area contributed by atoms with Crippen LogP contribution in [-0.2, 0) is 4.79 Å². The summed E-state index contributed by atoms with van der Waals surface area (Å²) in [4.78, 5) is 26.1. The Bertz CT molecular complexity index is 747. The highest BCUT2D eigenvalue weighted by molar-refractivity contribution is 5.97. The lowest BCUT2D eigenvalue weighted by Gasteiger charge is -2.16. The monoisotopic (exact) mass is 319 g/mol. The summed E-state index contributed by atoms with van der Waals surface area (Å²) in [6.07, 6.45) is 2.11. The molecule has 1 atom stereocenters. The van der Waals surface area contributed by atoms with Crippen LogP contribution in [-0.4, -0.2) is 34.1 Å². The van der Waals surface area contributed by atoms with Gasteiger partial charge in [0.1, 0.15) is 23.7 Å². The number of nitro groups is 1. The largest absolute Gasteiger partial charge is 0.497 e. The second kappa shape index (κ2) is 6.91. The smallest absolute Gasteiger partial charge is 0.326 e. The number of aromatic nitrogens is 1. The fourth-order valence-electron chi connectivity index (χ4n) is 2.30. The number of rotatable bonds is 7. The number of anilines is 1. The molecule has 1 unspecified atom stereocenters. The summed E-state index contributed by atoms with van der Waals surface area (Å²) in [6.45, 7) is 1.85. The third-order valence-electron chi connectivity index (χ3n) is 3.45. The Morgan fingerprint density at radius 2 is 2.26 bits per heavy atom. The number of pyridine rings is 1. The van der Waals surface area contributed by atoms with Crippen molar-refractivity contribution >= 4 is 28.2 Å². The molecule has 0 aliphatic heterocycles. The molecule has 1 heterocycles. The number of benzene rings is 1. The molecule has 0 radical (unpaired) electrons. The first kappa shape index (κ1) is 16.5. The molecule has 0 saturated heterocycles. The number of nitrogens with one attached hydrogen (secondary N) is 1. The number of hydrogen-bond donors (Lipinski definition) is 2. The van der Waals surface area contributed by atoms with E-state index in [-0.39, 0.29) is 11.4 Å². The highest BCUT2D eigenvalue weighted by Crippen LogP contribution is 2.34. The van der Waals surface area contributed by atoms with Crippen molar-refractivity contribution in [2.45, 2.75) is 25.8 Å². The second-order valence-electron chi connectivity index (χ2n) is 4.98. The van der Waals surface area contributed by atoms with E-state index >= 15 is 0 Å². The molecule has 0 amide bonds. The van der Waals surface area contributed by atoms with Crippen molar-refractivity contribution in [3.8, 4) is 5.75 Å². The fourth-order valence-corrected chi connectivity index (χ4v) is 2.30. The molecular weight excluding hydrogens is 302 g/mol. The first-order chi connectivity index (χ1) is 11.0. The molecule has 122 valence electrons. The molecule has 0 aliphatic rings. The molecule has 2 rings (SSSR count). The standard InChI is InChI=1S/C15H17N3O5/c1-3-4-11(15(19)20)17-14-10-6-5-9(23-2)7-12(10)16-8-13(14)18(21)22/h5-8,11H,3-4H2,1-2H3,(H,16,17)(H,19,20). The maximum atomic E-state index is 11.3. The van der Waals surface area contributed by atoms with E-state index in [1.807, 2.05) is 6.92 Å². The van der Waals surface area contributed by atoms with Gasteiger partial charge >= 0.3 is 11.7 Å². The third-order valence-corrected chi connectivity index (χ3v) is 3.45. The van der Waals surface area contributed by atoms with Crippen molar-refractivity contribution in [2.75, 3.05) is 12.4 Å². The molecule has 8 nitrogen and oxygen atoms in total. The van der Waals surface area contributed by atoms with E-state index in [1.165, 1.54) is 7.11 Å². The molecule has 8 heteroatoms. The lowest BCUT2D eigenvalue weighted by molar-refractivity contribution is -0.384. The van der Waals surface area contributed by atoms with Gasteiger partial charge in [-0.15, -0.1) is 0 Å². The zero-order chi connectivity index (χ0) is 17.0. The summed E-state index contributed by atoms with van der Waals surface area (Å²) in [5.41, 5.74) is 0.381. The van der Waals surface area contributed by atoms with Crippen molar-refractivity contribution in [1.82, 2.24) is 4.98 Å². The summed E-state index contributed by atoms with van der Waals surface area (Å²) in [6, 6.07) is 4.00. The molecule has 0 aliphatic carbocycles. The highest BCUT2D eigenvalue weighted by Gasteiger charge is 2.24. The van der Waals surface area contributed by atoms with Crippen molar-refractivity contribution in [1.29, 1.82) is 0 Å². The van der Waals surface area contributed by atoms with Crippen LogP contribution >= 0.6 is 0 Å². The maximum absolute atomic E-state index is 11.3. The average molecular weight is 319 g/mol. The topological polar surface area (TPSA) is 115 Å². The molecule has 0 bridgehead atoms. The van der Waals surface area contributed by atoms with E-state index in [9.17, 15) is 20.0 Å². The number of carbonyl (C=O) groups is 1. The van der Waals surface area contributed by atoms with Crippen LogP contribution in [0, 0.1) is 10.1 Å². The average Bonchev–Trinajstić information content (AvgIpc) is 2.53. The van der Waals surface area contributed by atoms with Gasteiger partial charge in [0.2, 0.25) is 0 Å². The van der Waals surface area contributed by atoms with Crippen LogP contribution in [0.3, 0.4) is 0 Å². The van der Waals surface area contributed by atoms with E-state index in [4.69, 9.17) is 4.74 Å². The number of fused-ring (bicyclic) bond motifs is 1. The third kappa shape index (κ3) is 3.47. The van der Waals surface area contributed by atoms with Crippen LogP contribution in [0.25, 0.3) is 10.9 Å². The molecule has 2 N–H and O–H groups in total. The minimum absolute atomic E-state index is 0.156. The van der Waals surface area contributed by atoms with Crippen LogP contribution in [0.2, 0.25) is 0 Å². The van der Waals surface area contributed by atoms with Crippen molar-refractivity contribution < 1.29 is 19.6 Å². The van der Waals surface area contributed by atoms with Crippen LogP contribution in [0.1, 0.15) is 19.8 Å². The van der Waals surface area contributed by atoms with Crippen LogP contribution < -0.4 is 10.1 Å². The van der Waals surface area contributed by atoms with Crippen LogP contribution in [0.15, 0.2) is 24.4 Å². The highest BCUT2D eigenvalue weighted by atomic mass is 16.6. The minimum Gasteiger partial charge on any atom is -0.497 e. The van der Waals surface area contributed by atoms with Gasteiger partial charge in [-0.2, -0.15) is 0 Å². The summed E-state index contributed by atoms with van der Waals surface area (Å²) in [5.74, 6) is -0.493. The Hall–Kier alpha value is -2.90. The Labute approximate surface area is 132 Å². The molecule has 1 aromatic carbocycles. The van der Waals surface area contributed by atoms with Gasteiger partial charge in [0.25, 0.3) is 0 Å².